The molecule has 1 aromatic heterocycles. The normalized spacial score (nSPS) is 35.1. The maximum atomic E-state index is 13.0. The second kappa shape index (κ2) is 5.24. The van der Waals surface area contributed by atoms with Gasteiger partial charge in [0.1, 0.15) is 11.5 Å². The first-order valence-electron chi connectivity index (χ1n) is 8.22. The van der Waals surface area contributed by atoms with Crippen LogP contribution in [0.1, 0.15) is 23.3 Å². The molecule has 1 amide bonds. The summed E-state index contributed by atoms with van der Waals surface area (Å²) in [4.78, 5) is 20.6. The van der Waals surface area contributed by atoms with Gasteiger partial charge >= 0.3 is 0 Å². The molecule has 4 rings (SSSR count). The number of ether oxygens (including phenoxy) is 1. The van der Waals surface area contributed by atoms with E-state index in [1.54, 1.807) is 0 Å². The summed E-state index contributed by atoms with van der Waals surface area (Å²) in [7, 11) is 4.16. The van der Waals surface area contributed by atoms with E-state index in [0.717, 1.165) is 25.6 Å². The number of halogens is 1. The molecule has 0 aromatic carbocycles. The van der Waals surface area contributed by atoms with Crippen LogP contribution in [-0.2, 0) is 4.74 Å². The summed E-state index contributed by atoms with van der Waals surface area (Å²) < 4.78 is 19.3. The molecule has 3 fully saturated rings. The smallest absolute Gasteiger partial charge is 0.272 e. The van der Waals surface area contributed by atoms with E-state index in [2.05, 4.69) is 24.0 Å². The minimum Gasteiger partial charge on any atom is -0.369 e. The first-order chi connectivity index (χ1) is 11.0. The van der Waals surface area contributed by atoms with Gasteiger partial charge < -0.3 is 14.5 Å². The molecule has 1 aromatic rings. The average molecular weight is 319 g/mol. The van der Waals surface area contributed by atoms with Crippen LogP contribution in [0.25, 0.3) is 0 Å². The van der Waals surface area contributed by atoms with E-state index in [0.29, 0.717) is 36.7 Å². The van der Waals surface area contributed by atoms with E-state index < -0.39 is 5.82 Å². The van der Waals surface area contributed by atoms with Crippen molar-refractivity contribution in [3.63, 3.8) is 0 Å². The van der Waals surface area contributed by atoms with Crippen molar-refractivity contribution in [2.75, 3.05) is 33.7 Å². The number of fused-ring (bicyclic) bond motifs is 1. The van der Waals surface area contributed by atoms with Gasteiger partial charge in [-0.2, -0.15) is 0 Å². The lowest BCUT2D eigenvalue weighted by atomic mass is 9.73. The number of likely N-dealkylation sites (tertiary alicyclic amines) is 1. The Kier molecular flexibility index (Phi) is 3.43. The number of nitrogens with zero attached hydrogens (tertiary/aromatic N) is 3. The van der Waals surface area contributed by atoms with Crippen LogP contribution in [0.4, 0.5) is 4.39 Å². The largest absolute Gasteiger partial charge is 0.369 e. The molecule has 0 radical (unpaired) electrons. The number of aromatic nitrogens is 1. The predicted octanol–water partition coefficient (Wildman–Crippen LogP) is 1.40. The van der Waals surface area contributed by atoms with Crippen LogP contribution in [0.15, 0.2) is 18.3 Å². The molecule has 3 saturated heterocycles. The predicted molar refractivity (Wildman–Crippen MR) is 82.5 cm³/mol. The Morgan fingerprint density at radius 2 is 2.35 bits per heavy atom. The molecule has 0 saturated carbocycles. The van der Waals surface area contributed by atoms with Gasteiger partial charge in [-0.3, -0.25) is 4.79 Å². The lowest BCUT2D eigenvalue weighted by Crippen LogP contribution is -2.40. The molecule has 1 spiro atoms. The molecule has 5 nitrogen and oxygen atoms in total. The summed E-state index contributed by atoms with van der Waals surface area (Å²) in [6.07, 6.45) is 3.56. The second-order valence-electron chi connectivity index (χ2n) is 7.34. The average Bonchev–Trinajstić information content (AvgIpc) is 3.16. The molecule has 0 unspecified atom stereocenters. The third-order valence-corrected chi connectivity index (χ3v) is 5.59. The zero-order valence-corrected chi connectivity index (χ0v) is 13.5. The molecule has 2 bridgehead atoms. The number of carbonyl (C=O) groups excluding carboxylic acids is 1. The Bertz CT molecular complexity index is 621. The molecular formula is C17H22FN3O2. The van der Waals surface area contributed by atoms with Crippen molar-refractivity contribution in [2.24, 2.45) is 11.8 Å². The fraction of sp³-hybridized carbons (Fsp3) is 0.647. The molecular weight excluding hydrogens is 297 g/mol. The van der Waals surface area contributed by atoms with Crippen molar-refractivity contribution in [3.05, 3.63) is 29.8 Å². The van der Waals surface area contributed by atoms with Crippen LogP contribution in [0.5, 0.6) is 0 Å². The minimum atomic E-state index is -0.425. The van der Waals surface area contributed by atoms with E-state index in [1.807, 2.05) is 4.90 Å². The number of carbonyl (C=O) groups is 1. The summed E-state index contributed by atoms with van der Waals surface area (Å²) in [6.45, 7) is 2.34. The van der Waals surface area contributed by atoms with Crippen molar-refractivity contribution in [2.45, 2.75) is 24.5 Å². The van der Waals surface area contributed by atoms with Crippen LogP contribution in [0, 0.1) is 17.7 Å². The quantitative estimate of drug-likeness (QED) is 0.845. The number of rotatable bonds is 3. The van der Waals surface area contributed by atoms with Gasteiger partial charge in [0.05, 0.1) is 24.4 Å². The zero-order chi connectivity index (χ0) is 16.2. The maximum absolute atomic E-state index is 13.0. The zero-order valence-electron chi connectivity index (χ0n) is 13.5. The van der Waals surface area contributed by atoms with Crippen molar-refractivity contribution in [3.8, 4) is 0 Å². The Morgan fingerprint density at radius 3 is 3.04 bits per heavy atom. The third-order valence-electron chi connectivity index (χ3n) is 5.59. The highest BCUT2D eigenvalue weighted by molar-refractivity contribution is 5.92. The van der Waals surface area contributed by atoms with Crippen LogP contribution in [0.3, 0.4) is 0 Å². The molecule has 0 N–H and O–H groups in total. The molecule has 6 heteroatoms. The number of pyridine rings is 1. The first-order valence-corrected chi connectivity index (χ1v) is 8.22. The van der Waals surface area contributed by atoms with Gasteiger partial charge in [-0.1, -0.05) is 0 Å². The minimum absolute atomic E-state index is 0.121. The number of hydrogen-bond acceptors (Lipinski definition) is 4. The van der Waals surface area contributed by atoms with Gasteiger partial charge in [-0.15, -0.1) is 0 Å². The second-order valence-corrected chi connectivity index (χ2v) is 7.34. The maximum Gasteiger partial charge on any atom is 0.272 e. The van der Waals surface area contributed by atoms with Gasteiger partial charge in [0.15, 0.2) is 0 Å². The molecule has 124 valence electrons. The highest BCUT2D eigenvalue weighted by Crippen LogP contribution is 2.55. The summed E-state index contributed by atoms with van der Waals surface area (Å²) >= 11 is 0. The Morgan fingerprint density at radius 1 is 1.52 bits per heavy atom. The van der Waals surface area contributed by atoms with Gasteiger partial charge in [0, 0.05) is 24.9 Å². The molecule has 0 aliphatic carbocycles. The molecule has 4 atom stereocenters. The topological polar surface area (TPSA) is 45.7 Å². The first kappa shape index (κ1) is 15.0. The van der Waals surface area contributed by atoms with Gasteiger partial charge in [-0.25, -0.2) is 9.37 Å². The lowest BCUT2D eigenvalue weighted by molar-refractivity contribution is 0.00250. The van der Waals surface area contributed by atoms with Gasteiger partial charge in [0.25, 0.3) is 5.91 Å². The van der Waals surface area contributed by atoms with Crippen molar-refractivity contribution in [1.82, 2.24) is 14.8 Å². The monoisotopic (exact) mass is 319 g/mol. The fourth-order valence-electron chi connectivity index (χ4n) is 4.68. The summed E-state index contributed by atoms with van der Waals surface area (Å²) in [5, 5.41) is 0. The highest BCUT2D eigenvalue weighted by Gasteiger charge is 2.63. The lowest BCUT2D eigenvalue weighted by Gasteiger charge is -2.30. The van der Waals surface area contributed by atoms with Crippen LogP contribution in [-0.4, -0.2) is 66.1 Å². The summed E-state index contributed by atoms with van der Waals surface area (Å²) in [5.41, 5.74) is 0.141. The standard InChI is InChI=1S/C17H22FN3O2/c1-20(2)8-12-13-9-21(10-17(13)6-5-15(12)23-17)16(22)14-4-3-11(18)7-19-14/h3-4,7,12-13,15H,5-6,8-10H2,1-2H3/t12-,13+,15+,17+/m1/s1. The molecule has 4 heterocycles. The highest BCUT2D eigenvalue weighted by atomic mass is 19.1. The Labute approximate surface area is 135 Å². The molecule has 23 heavy (non-hydrogen) atoms. The third kappa shape index (κ3) is 2.35. The van der Waals surface area contributed by atoms with E-state index in [-0.39, 0.29) is 11.5 Å². The number of amides is 1. The Hall–Kier alpha value is -1.53. The fourth-order valence-corrected chi connectivity index (χ4v) is 4.68. The van der Waals surface area contributed by atoms with Crippen LogP contribution >= 0.6 is 0 Å². The molecule has 3 aliphatic rings. The van der Waals surface area contributed by atoms with Crippen molar-refractivity contribution >= 4 is 5.91 Å². The van der Waals surface area contributed by atoms with Crippen molar-refractivity contribution in [1.29, 1.82) is 0 Å². The SMILES string of the molecule is CN(C)C[C@H]1[C@@H]2CC[C@@]3(CN(C(=O)c4ccc(F)cn4)C[C@@H]13)O2. The van der Waals surface area contributed by atoms with Crippen LogP contribution < -0.4 is 0 Å². The Balaban J connectivity index is 1.54. The van der Waals surface area contributed by atoms with E-state index >= 15 is 0 Å². The van der Waals surface area contributed by atoms with Crippen molar-refractivity contribution < 1.29 is 13.9 Å². The van der Waals surface area contributed by atoms with E-state index in [1.165, 1.54) is 12.1 Å². The summed E-state index contributed by atoms with van der Waals surface area (Å²) in [6, 6.07) is 2.74. The summed E-state index contributed by atoms with van der Waals surface area (Å²) in [5.74, 6) is 0.335. The van der Waals surface area contributed by atoms with E-state index in [4.69, 9.17) is 4.74 Å². The molecule has 3 aliphatic heterocycles. The van der Waals surface area contributed by atoms with Gasteiger partial charge in [0.2, 0.25) is 0 Å². The van der Waals surface area contributed by atoms with E-state index in [9.17, 15) is 9.18 Å². The van der Waals surface area contributed by atoms with Crippen LogP contribution in [0.2, 0.25) is 0 Å². The van der Waals surface area contributed by atoms with Gasteiger partial charge in [-0.05, 0) is 39.1 Å². The number of hydrogen-bond donors (Lipinski definition) is 0.